The molecule has 2 aromatic rings. The van der Waals surface area contributed by atoms with Gasteiger partial charge in [-0.25, -0.2) is 9.97 Å². The Bertz CT molecular complexity index is 659. The molecule has 0 unspecified atom stereocenters. The Morgan fingerprint density at radius 2 is 2.13 bits per heavy atom. The van der Waals surface area contributed by atoms with Gasteiger partial charge in [0.2, 0.25) is 0 Å². The van der Waals surface area contributed by atoms with Crippen LogP contribution in [0.15, 0.2) is 43.0 Å². The minimum Gasteiger partial charge on any atom is -0.350 e. The molecule has 3 rings (SSSR count). The third-order valence-corrected chi connectivity index (χ3v) is 4.42. The second-order valence-corrected chi connectivity index (χ2v) is 5.84. The van der Waals surface area contributed by atoms with Crippen LogP contribution in [0, 0.1) is 0 Å². The number of carbonyl (C=O) groups is 1. The second kappa shape index (κ2) is 7.33. The van der Waals surface area contributed by atoms with Crippen LogP contribution in [0.5, 0.6) is 0 Å². The Morgan fingerprint density at radius 3 is 2.91 bits per heavy atom. The zero-order valence-corrected chi connectivity index (χ0v) is 13.4. The number of likely N-dealkylation sites (N-methyl/N-ethyl adjacent to an activating group) is 1. The summed E-state index contributed by atoms with van der Waals surface area (Å²) in [6.07, 6.45) is 7.39. The van der Waals surface area contributed by atoms with Crippen molar-refractivity contribution in [2.24, 2.45) is 0 Å². The zero-order valence-electron chi connectivity index (χ0n) is 13.4. The van der Waals surface area contributed by atoms with Gasteiger partial charge in [0, 0.05) is 36.1 Å². The van der Waals surface area contributed by atoms with Gasteiger partial charge in [-0.2, -0.15) is 0 Å². The van der Waals surface area contributed by atoms with Crippen LogP contribution in [0.2, 0.25) is 0 Å². The quantitative estimate of drug-likeness (QED) is 0.921. The van der Waals surface area contributed by atoms with E-state index in [1.54, 1.807) is 12.4 Å². The first kappa shape index (κ1) is 15.6. The fourth-order valence-electron chi connectivity index (χ4n) is 3.14. The van der Waals surface area contributed by atoms with Gasteiger partial charge in [0.1, 0.15) is 6.33 Å². The van der Waals surface area contributed by atoms with Crippen molar-refractivity contribution in [1.29, 1.82) is 0 Å². The van der Waals surface area contributed by atoms with E-state index in [1.807, 2.05) is 24.3 Å². The molecule has 0 bridgehead atoms. The maximum absolute atomic E-state index is 12.4. The molecule has 1 N–H and O–H groups in total. The van der Waals surface area contributed by atoms with Gasteiger partial charge in [0.15, 0.2) is 0 Å². The molecule has 23 heavy (non-hydrogen) atoms. The summed E-state index contributed by atoms with van der Waals surface area (Å²) in [5.41, 5.74) is 2.54. The molecule has 5 nitrogen and oxygen atoms in total. The number of hydrogen-bond donors (Lipinski definition) is 1. The second-order valence-electron chi connectivity index (χ2n) is 5.84. The molecular weight excluding hydrogens is 288 g/mol. The fraction of sp³-hybridized carbons (Fsp3) is 0.389. The standard InChI is InChI=1S/C18H22N4O/c1-2-22-8-4-7-17(22)12-21-18(23)15-6-3-5-14(9-15)16-10-19-13-20-11-16/h3,5-6,9-11,13,17H,2,4,7-8,12H2,1H3,(H,21,23)/t17-/m0/s1. The van der Waals surface area contributed by atoms with E-state index < -0.39 is 0 Å². The van der Waals surface area contributed by atoms with E-state index >= 15 is 0 Å². The summed E-state index contributed by atoms with van der Waals surface area (Å²) < 4.78 is 0. The van der Waals surface area contributed by atoms with Crippen LogP contribution in [0.1, 0.15) is 30.1 Å². The van der Waals surface area contributed by atoms with Crippen molar-refractivity contribution in [2.75, 3.05) is 19.6 Å². The third kappa shape index (κ3) is 3.74. The van der Waals surface area contributed by atoms with Crippen LogP contribution < -0.4 is 5.32 Å². The number of aromatic nitrogens is 2. The molecule has 1 aromatic heterocycles. The highest BCUT2D eigenvalue weighted by atomic mass is 16.1. The van der Waals surface area contributed by atoms with Gasteiger partial charge >= 0.3 is 0 Å². The molecule has 0 saturated carbocycles. The van der Waals surface area contributed by atoms with E-state index in [4.69, 9.17) is 0 Å². The van der Waals surface area contributed by atoms with Crippen LogP contribution in [-0.4, -0.2) is 46.5 Å². The Kier molecular flexibility index (Phi) is 4.98. The Morgan fingerprint density at radius 1 is 1.30 bits per heavy atom. The molecule has 0 spiro atoms. The smallest absolute Gasteiger partial charge is 0.251 e. The lowest BCUT2D eigenvalue weighted by Crippen LogP contribution is -2.40. The maximum atomic E-state index is 12.4. The number of nitrogens with one attached hydrogen (secondary N) is 1. The van der Waals surface area contributed by atoms with Gasteiger partial charge in [-0.1, -0.05) is 19.1 Å². The van der Waals surface area contributed by atoms with Crippen molar-refractivity contribution in [2.45, 2.75) is 25.8 Å². The molecular formula is C18H22N4O. The first-order chi connectivity index (χ1) is 11.3. The van der Waals surface area contributed by atoms with E-state index in [1.165, 1.54) is 12.7 Å². The van der Waals surface area contributed by atoms with E-state index in [9.17, 15) is 4.79 Å². The van der Waals surface area contributed by atoms with Crippen molar-refractivity contribution < 1.29 is 4.79 Å². The van der Waals surface area contributed by atoms with Crippen LogP contribution in [0.25, 0.3) is 11.1 Å². The van der Waals surface area contributed by atoms with Gasteiger partial charge in [0.05, 0.1) is 0 Å². The largest absolute Gasteiger partial charge is 0.350 e. The number of benzene rings is 1. The predicted octanol–water partition coefficient (Wildman–Crippen LogP) is 2.36. The number of likely N-dealkylation sites (tertiary alicyclic amines) is 1. The van der Waals surface area contributed by atoms with Gasteiger partial charge in [-0.05, 0) is 43.6 Å². The van der Waals surface area contributed by atoms with E-state index in [0.717, 1.165) is 30.6 Å². The third-order valence-electron chi connectivity index (χ3n) is 4.42. The highest BCUT2D eigenvalue weighted by Crippen LogP contribution is 2.19. The zero-order chi connectivity index (χ0) is 16.1. The number of amides is 1. The summed E-state index contributed by atoms with van der Waals surface area (Å²) >= 11 is 0. The summed E-state index contributed by atoms with van der Waals surface area (Å²) in [4.78, 5) is 22.9. The molecule has 1 aliphatic heterocycles. The molecule has 5 heteroatoms. The molecule has 0 radical (unpaired) electrons. The Balaban J connectivity index is 1.66. The lowest BCUT2D eigenvalue weighted by atomic mass is 10.1. The maximum Gasteiger partial charge on any atom is 0.251 e. The highest BCUT2D eigenvalue weighted by Gasteiger charge is 2.23. The first-order valence-electron chi connectivity index (χ1n) is 8.15. The van der Waals surface area contributed by atoms with Gasteiger partial charge in [-0.15, -0.1) is 0 Å². The monoisotopic (exact) mass is 310 g/mol. The minimum absolute atomic E-state index is 0.0216. The van der Waals surface area contributed by atoms with Crippen LogP contribution >= 0.6 is 0 Å². The SMILES string of the molecule is CCN1CCC[C@H]1CNC(=O)c1cccc(-c2cncnc2)c1. The number of hydrogen-bond acceptors (Lipinski definition) is 4. The molecule has 1 saturated heterocycles. The lowest BCUT2D eigenvalue weighted by molar-refractivity contribution is 0.0941. The Hall–Kier alpha value is -2.27. The molecule has 2 heterocycles. The van der Waals surface area contributed by atoms with E-state index in [2.05, 4.69) is 27.1 Å². The fourth-order valence-corrected chi connectivity index (χ4v) is 3.14. The van der Waals surface area contributed by atoms with Gasteiger partial charge in [-0.3, -0.25) is 9.69 Å². The summed E-state index contributed by atoms with van der Waals surface area (Å²) in [7, 11) is 0. The predicted molar refractivity (Wildman–Crippen MR) is 90.1 cm³/mol. The molecule has 1 amide bonds. The van der Waals surface area contributed by atoms with Crippen molar-refractivity contribution in [3.8, 4) is 11.1 Å². The summed E-state index contributed by atoms with van der Waals surface area (Å²) in [6, 6.07) is 8.06. The van der Waals surface area contributed by atoms with Crippen molar-refractivity contribution in [3.63, 3.8) is 0 Å². The van der Waals surface area contributed by atoms with Crippen LogP contribution in [-0.2, 0) is 0 Å². The number of nitrogens with zero attached hydrogens (tertiary/aromatic N) is 3. The molecule has 0 aliphatic carbocycles. The van der Waals surface area contributed by atoms with E-state index in [0.29, 0.717) is 18.2 Å². The molecule has 1 aliphatic rings. The van der Waals surface area contributed by atoms with Crippen LogP contribution in [0.4, 0.5) is 0 Å². The molecule has 120 valence electrons. The highest BCUT2D eigenvalue weighted by molar-refractivity contribution is 5.95. The van der Waals surface area contributed by atoms with Crippen LogP contribution in [0.3, 0.4) is 0 Å². The minimum atomic E-state index is -0.0216. The first-order valence-corrected chi connectivity index (χ1v) is 8.15. The molecule has 1 atom stereocenters. The average molecular weight is 310 g/mol. The van der Waals surface area contributed by atoms with Gasteiger partial charge in [0.25, 0.3) is 5.91 Å². The molecule has 1 aromatic carbocycles. The normalized spacial score (nSPS) is 18.0. The molecule has 1 fully saturated rings. The summed E-state index contributed by atoms with van der Waals surface area (Å²) in [6.45, 7) is 5.07. The van der Waals surface area contributed by atoms with Crippen molar-refractivity contribution >= 4 is 5.91 Å². The van der Waals surface area contributed by atoms with Crippen molar-refractivity contribution in [1.82, 2.24) is 20.2 Å². The number of rotatable bonds is 5. The van der Waals surface area contributed by atoms with E-state index in [-0.39, 0.29) is 5.91 Å². The number of carbonyl (C=O) groups excluding carboxylic acids is 1. The topological polar surface area (TPSA) is 58.1 Å². The summed E-state index contributed by atoms with van der Waals surface area (Å²) in [5, 5.41) is 3.07. The van der Waals surface area contributed by atoms with Crippen molar-refractivity contribution in [3.05, 3.63) is 48.5 Å². The Labute approximate surface area is 136 Å². The average Bonchev–Trinajstić information content (AvgIpc) is 3.08. The summed E-state index contributed by atoms with van der Waals surface area (Å²) in [5.74, 6) is -0.0216. The lowest BCUT2D eigenvalue weighted by Gasteiger charge is -2.22. The van der Waals surface area contributed by atoms with Gasteiger partial charge < -0.3 is 5.32 Å².